The highest BCUT2D eigenvalue weighted by Crippen LogP contribution is 2.42. The van der Waals surface area contributed by atoms with Crippen LogP contribution in [0.15, 0.2) is 17.6 Å². The predicted molar refractivity (Wildman–Crippen MR) is 65.0 cm³/mol. The quantitative estimate of drug-likeness (QED) is 0.682. The van der Waals surface area contributed by atoms with Crippen LogP contribution in [-0.2, 0) is 4.74 Å². The van der Waals surface area contributed by atoms with Crippen molar-refractivity contribution >= 4 is 11.9 Å². The summed E-state index contributed by atoms with van der Waals surface area (Å²) >= 11 is 0. The molecule has 110 valence electrons. The summed E-state index contributed by atoms with van der Waals surface area (Å²) in [5.74, 6) is -3.91. The number of nitrogen functional groups attached to an aromatic ring is 1. The van der Waals surface area contributed by atoms with Crippen molar-refractivity contribution in [3.05, 3.63) is 28.8 Å². The average molecular weight is 289 g/mol. The van der Waals surface area contributed by atoms with Crippen molar-refractivity contribution in [1.82, 2.24) is 9.55 Å². The van der Waals surface area contributed by atoms with Crippen LogP contribution in [0.4, 0.5) is 14.6 Å². The molecule has 0 aromatic carbocycles. The standard InChI is InChI=1S/C11H13F2N3O4/c1-2-5-3-16(10(19)15-8(5)14)9-11(12,13)7(18)6(4-17)20-9/h2-3,6-7,9,17-18H,1,4H2,(H2,14,15,19). The van der Waals surface area contributed by atoms with Crippen molar-refractivity contribution in [2.75, 3.05) is 12.3 Å². The Kier molecular flexibility index (Phi) is 3.59. The van der Waals surface area contributed by atoms with Gasteiger partial charge >= 0.3 is 11.6 Å². The SMILES string of the molecule is C=Cc1cn(C2OC(CO)C(O)C2(F)F)c(=O)nc1N. The third kappa shape index (κ3) is 2.09. The zero-order valence-electron chi connectivity index (χ0n) is 10.2. The smallest absolute Gasteiger partial charge is 0.351 e. The van der Waals surface area contributed by atoms with Crippen LogP contribution >= 0.6 is 0 Å². The van der Waals surface area contributed by atoms with Crippen molar-refractivity contribution in [3.8, 4) is 0 Å². The van der Waals surface area contributed by atoms with E-state index in [-0.39, 0.29) is 11.4 Å². The summed E-state index contributed by atoms with van der Waals surface area (Å²) in [5, 5.41) is 18.3. The zero-order valence-corrected chi connectivity index (χ0v) is 10.2. The first-order valence-corrected chi connectivity index (χ1v) is 5.66. The second-order valence-electron chi connectivity index (χ2n) is 4.30. The Labute approximate surface area is 111 Å². The van der Waals surface area contributed by atoms with E-state index >= 15 is 0 Å². The molecular formula is C11H13F2N3O4. The third-order valence-electron chi connectivity index (χ3n) is 3.04. The van der Waals surface area contributed by atoms with Crippen LogP contribution in [0.1, 0.15) is 11.8 Å². The molecule has 3 atom stereocenters. The fraction of sp³-hybridized carbons (Fsp3) is 0.455. The molecule has 20 heavy (non-hydrogen) atoms. The number of halogens is 2. The molecule has 1 aromatic heterocycles. The van der Waals surface area contributed by atoms with Crippen LogP contribution in [0.25, 0.3) is 6.08 Å². The Morgan fingerprint density at radius 3 is 2.80 bits per heavy atom. The highest BCUT2D eigenvalue weighted by atomic mass is 19.3. The van der Waals surface area contributed by atoms with Crippen LogP contribution < -0.4 is 11.4 Å². The van der Waals surface area contributed by atoms with Gasteiger partial charge in [0.05, 0.1) is 6.61 Å². The number of rotatable bonds is 3. The predicted octanol–water partition coefficient (Wildman–Crippen LogP) is -0.646. The lowest BCUT2D eigenvalue weighted by molar-refractivity contribution is -0.141. The zero-order chi connectivity index (χ0) is 15.1. The van der Waals surface area contributed by atoms with E-state index in [0.29, 0.717) is 4.57 Å². The van der Waals surface area contributed by atoms with Gasteiger partial charge in [0.1, 0.15) is 11.9 Å². The van der Waals surface area contributed by atoms with Crippen LogP contribution in [-0.4, -0.2) is 44.5 Å². The summed E-state index contributed by atoms with van der Waals surface area (Å²) < 4.78 is 33.2. The first kappa shape index (κ1) is 14.6. The summed E-state index contributed by atoms with van der Waals surface area (Å²) in [6.45, 7) is 2.61. The minimum absolute atomic E-state index is 0.151. The van der Waals surface area contributed by atoms with Crippen LogP contribution in [0.2, 0.25) is 0 Å². The van der Waals surface area contributed by atoms with E-state index < -0.39 is 36.7 Å². The van der Waals surface area contributed by atoms with Gasteiger partial charge in [-0.1, -0.05) is 12.7 Å². The van der Waals surface area contributed by atoms with Gasteiger partial charge in [-0.15, -0.1) is 0 Å². The molecule has 4 N–H and O–H groups in total. The van der Waals surface area contributed by atoms with Gasteiger partial charge in [0.25, 0.3) is 0 Å². The minimum Gasteiger partial charge on any atom is -0.394 e. The maximum atomic E-state index is 13.9. The largest absolute Gasteiger partial charge is 0.394 e. The molecule has 0 aliphatic carbocycles. The number of aliphatic hydroxyl groups is 2. The molecule has 0 saturated carbocycles. The van der Waals surface area contributed by atoms with Crippen LogP contribution in [0.3, 0.4) is 0 Å². The van der Waals surface area contributed by atoms with E-state index in [1.165, 1.54) is 6.08 Å². The number of nitrogens with zero attached hydrogens (tertiary/aromatic N) is 2. The summed E-state index contributed by atoms with van der Waals surface area (Å²) in [4.78, 5) is 15.1. The first-order chi connectivity index (χ1) is 9.32. The summed E-state index contributed by atoms with van der Waals surface area (Å²) in [5.41, 5.74) is 4.55. The van der Waals surface area contributed by atoms with Gasteiger partial charge in [0.15, 0.2) is 6.10 Å². The molecule has 7 nitrogen and oxygen atoms in total. The molecule has 0 radical (unpaired) electrons. The highest BCUT2D eigenvalue weighted by Gasteiger charge is 2.59. The molecule has 1 saturated heterocycles. The first-order valence-electron chi connectivity index (χ1n) is 5.66. The molecule has 1 aliphatic rings. The number of hydrogen-bond donors (Lipinski definition) is 3. The van der Waals surface area contributed by atoms with E-state index in [0.717, 1.165) is 6.20 Å². The van der Waals surface area contributed by atoms with Crippen LogP contribution in [0, 0.1) is 0 Å². The molecule has 0 bridgehead atoms. The maximum Gasteiger partial charge on any atom is 0.351 e. The number of alkyl halides is 2. The molecule has 1 aliphatic heterocycles. The molecule has 2 rings (SSSR count). The van der Waals surface area contributed by atoms with E-state index in [9.17, 15) is 18.7 Å². The second kappa shape index (κ2) is 4.93. The molecule has 0 amide bonds. The van der Waals surface area contributed by atoms with Crippen molar-refractivity contribution < 1.29 is 23.7 Å². The normalized spacial score (nSPS) is 28.5. The summed E-state index contributed by atoms with van der Waals surface area (Å²) in [6, 6.07) is 0. The Hall–Kier alpha value is -1.84. The highest BCUT2D eigenvalue weighted by molar-refractivity contribution is 5.57. The fourth-order valence-electron chi connectivity index (χ4n) is 1.94. The van der Waals surface area contributed by atoms with E-state index in [2.05, 4.69) is 11.6 Å². The van der Waals surface area contributed by atoms with Gasteiger partial charge in [-0.25, -0.2) is 4.79 Å². The third-order valence-corrected chi connectivity index (χ3v) is 3.04. The average Bonchev–Trinajstić information content (AvgIpc) is 2.62. The van der Waals surface area contributed by atoms with Gasteiger partial charge in [-0.05, 0) is 0 Å². The number of ether oxygens (including phenoxy) is 1. The molecule has 1 aromatic rings. The van der Waals surface area contributed by atoms with Crippen molar-refractivity contribution in [1.29, 1.82) is 0 Å². The van der Waals surface area contributed by atoms with Crippen molar-refractivity contribution in [3.63, 3.8) is 0 Å². The Balaban J connectivity index is 2.52. The summed E-state index contributed by atoms with van der Waals surface area (Å²) in [6.07, 6.45) is -3.54. The lowest BCUT2D eigenvalue weighted by Crippen LogP contribution is -2.42. The molecule has 9 heteroatoms. The lowest BCUT2D eigenvalue weighted by Gasteiger charge is -2.21. The molecule has 2 heterocycles. The van der Waals surface area contributed by atoms with Gasteiger partial charge in [0.2, 0.25) is 6.23 Å². The second-order valence-corrected chi connectivity index (χ2v) is 4.30. The van der Waals surface area contributed by atoms with Crippen molar-refractivity contribution in [2.45, 2.75) is 24.4 Å². The summed E-state index contributed by atoms with van der Waals surface area (Å²) in [7, 11) is 0. The van der Waals surface area contributed by atoms with E-state index in [1.54, 1.807) is 0 Å². The number of nitrogens with two attached hydrogens (primary N) is 1. The van der Waals surface area contributed by atoms with Crippen LogP contribution in [0.5, 0.6) is 0 Å². The van der Waals surface area contributed by atoms with Gasteiger partial charge < -0.3 is 20.7 Å². The number of aromatic nitrogens is 2. The van der Waals surface area contributed by atoms with E-state index in [4.69, 9.17) is 15.6 Å². The fourth-order valence-corrected chi connectivity index (χ4v) is 1.94. The minimum atomic E-state index is -3.76. The molecular weight excluding hydrogens is 276 g/mol. The van der Waals surface area contributed by atoms with Crippen molar-refractivity contribution in [2.24, 2.45) is 0 Å². The Morgan fingerprint density at radius 2 is 2.30 bits per heavy atom. The monoisotopic (exact) mass is 289 g/mol. The lowest BCUT2D eigenvalue weighted by atomic mass is 10.1. The number of hydrogen-bond acceptors (Lipinski definition) is 6. The van der Waals surface area contributed by atoms with Gasteiger partial charge in [-0.3, -0.25) is 4.57 Å². The Bertz CT molecular complexity index is 590. The Morgan fingerprint density at radius 1 is 1.65 bits per heavy atom. The molecule has 3 unspecified atom stereocenters. The van der Waals surface area contributed by atoms with Gasteiger partial charge in [-0.2, -0.15) is 13.8 Å². The topological polar surface area (TPSA) is 111 Å². The molecule has 1 fully saturated rings. The van der Waals surface area contributed by atoms with E-state index in [1.807, 2.05) is 0 Å². The molecule has 0 spiro atoms. The number of aliphatic hydroxyl groups excluding tert-OH is 2. The maximum absolute atomic E-state index is 13.9. The van der Waals surface area contributed by atoms with Gasteiger partial charge in [0, 0.05) is 11.8 Å². The number of anilines is 1.